The first-order chi connectivity index (χ1) is 11.7. The standard InChI is InChI=1S/C16H22N6O2/c1-3-13(23)18-8-12-9-19-21-15(12)11-5-7-22(10-11)16-17-6-4-14(20-16)24-2/h4,6,9,11H,3,5,7-8,10H2,1-2H3,(H,18,23)(H,19,21). The number of nitrogens with one attached hydrogen (secondary N) is 2. The number of methoxy groups -OCH3 is 1. The molecule has 0 spiro atoms. The third kappa shape index (κ3) is 3.47. The van der Waals surface area contributed by atoms with Gasteiger partial charge in [0.05, 0.1) is 13.3 Å². The van der Waals surface area contributed by atoms with Crippen LogP contribution in [0.2, 0.25) is 0 Å². The molecule has 3 rings (SSSR count). The fourth-order valence-electron chi connectivity index (χ4n) is 2.91. The third-order valence-electron chi connectivity index (χ3n) is 4.25. The van der Waals surface area contributed by atoms with Gasteiger partial charge in [-0.2, -0.15) is 10.1 Å². The molecule has 1 aliphatic rings. The molecule has 1 fully saturated rings. The van der Waals surface area contributed by atoms with Gasteiger partial charge in [0, 0.05) is 55.5 Å². The summed E-state index contributed by atoms with van der Waals surface area (Å²) in [7, 11) is 1.60. The van der Waals surface area contributed by atoms with Crippen LogP contribution in [0.4, 0.5) is 5.95 Å². The lowest BCUT2D eigenvalue weighted by atomic mass is 10.0. The fraction of sp³-hybridized carbons (Fsp3) is 0.500. The summed E-state index contributed by atoms with van der Waals surface area (Å²) < 4.78 is 5.16. The predicted molar refractivity (Wildman–Crippen MR) is 88.9 cm³/mol. The van der Waals surface area contributed by atoms with Crippen molar-refractivity contribution in [1.82, 2.24) is 25.5 Å². The third-order valence-corrected chi connectivity index (χ3v) is 4.25. The Morgan fingerprint density at radius 2 is 2.42 bits per heavy atom. The number of aromatic amines is 1. The first-order valence-corrected chi connectivity index (χ1v) is 8.12. The Kier molecular flexibility index (Phi) is 4.93. The maximum Gasteiger partial charge on any atom is 0.228 e. The van der Waals surface area contributed by atoms with Gasteiger partial charge >= 0.3 is 0 Å². The first-order valence-electron chi connectivity index (χ1n) is 8.12. The molecule has 0 radical (unpaired) electrons. The summed E-state index contributed by atoms with van der Waals surface area (Å²) in [6.07, 6.45) is 4.96. The van der Waals surface area contributed by atoms with Gasteiger partial charge in [-0.1, -0.05) is 6.92 Å². The van der Waals surface area contributed by atoms with Crippen LogP contribution in [0.1, 0.15) is 36.9 Å². The van der Waals surface area contributed by atoms with Crippen molar-refractivity contribution in [2.75, 3.05) is 25.1 Å². The minimum Gasteiger partial charge on any atom is -0.481 e. The molecule has 3 heterocycles. The van der Waals surface area contributed by atoms with Gasteiger partial charge < -0.3 is 15.0 Å². The zero-order valence-electron chi connectivity index (χ0n) is 14.0. The number of hydrogen-bond acceptors (Lipinski definition) is 6. The second-order valence-electron chi connectivity index (χ2n) is 5.77. The summed E-state index contributed by atoms with van der Waals surface area (Å²) in [5.41, 5.74) is 2.12. The summed E-state index contributed by atoms with van der Waals surface area (Å²) in [4.78, 5) is 22.3. The molecule has 0 aliphatic carbocycles. The Bertz CT molecular complexity index is 701. The minimum atomic E-state index is 0.0416. The summed E-state index contributed by atoms with van der Waals surface area (Å²) in [6, 6.07) is 1.74. The lowest BCUT2D eigenvalue weighted by Gasteiger charge is -2.16. The summed E-state index contributed by atoms with van der Waals surface area (Å²) in [5, 5.41) is 10.1. The van der Waals surface area contributed by atoms with Crippen LogP contribution in [-0.2, 0) is 11.3 Å². The molecular weight excluding hydrogens is 308 g/mol. The largest absolute Gasteiger partial charge is 0.481 e. The zero-order valence-corrected chi connectivity index (χ0v) is 14.0. The molecule has 8 nitrogen and oxygen atoms in total. The molecule has 2 N–H and O–H groups in total. The predicted octanol–water partition coefficient (Wildman–Crippen LogP) is 1.23. The van der Waals surface area contributed by atoms with Crippen LogP contribution >= 0.6 is 0 Å². The molecule has 1 amide bonds. The molecule has 1 aliphatic heterocycles. The lowest BCUT2D eigenvalue weighted by Crippen LogP contribution is -2.23. The van der Waals surface area contributed by atoms with Gasteiger partial charge in [0.25, 0.3) is 0 Å². The number of hydrogen-bond donors (Lipinski definition) is 2. The van der Waals surface area contributed by atoms with Crippen LogP contribution in [0, 0.1) is 0 Å². The van der Waals surface area contributed by atoms with Crippen molar-refractivity contribution in [3.05, 3.63) is 29.7 Å². The summed E-state index contributed by atoms with van der Waals surface area (Å²) in [6.45, 7) is 4.03. The van der Waals surface area contributed by atoms with Crippen molar-refractivity contribution in [2.24, 2.45) is 0 Å². The van der Waals surface area contributed by atoms with Crippen LogP contribution < -0.4 is 15.0 Å². The Labute approximate surface area is 140 Å². The highest BCUT2D eigenvalue weighted by molar-refractivity contribution is 5.75. The molecule has 2 aromatic rings. The summed E-state index contributed by atoms with van der Waals surface area (Å²) in [5.74, 6) is 1.60. The van der Waals surface area contributed by atoms with Gasteiger partial charge in [0.2, 0.25) is 17.7 Å². The molecule has 1 saturated heterocycles. The van der Waals surface area contributed by atoms with Crippen molar-refractivity contribution in [2.45, 2.75) is 32.2 Å². The van der Waals surface area contributed by atoms with E-state index in [0.29, 0.717) is 30.7 Å². The second kappa shape index (κ2) is 7.29. The van der Waals surface area contributed by atoms with E-state index in [9.17, 15) is 4.79 Å². The smallest absolute Gasteiger partial charge is 0.228 e. The first kappa shape index (κ1) is 16.2. The van der Waals surface area contributed by atoms with Crippen LogP contribution in [0.3, 0.4) is 0 Å². The number of aromatic nitrogens is 4. The van der Waals surface area contributed by atoms with Crippen LogP contribution in [0.5, 0.6) is 5.88 Å². The lowest BCUT2D eigenvalue weighted by molar-refractivity contribution is -0.120. The van der Waals surface area contributed by atoms with E-state index in [0.717, 1.165) is 30.8 Å². The number of carbonyl (C=O) groups is 1. The molecule has 1 unspecified atom stereocenters. The number of nitrogens with zero attached hydrogens (tertiary/aromatic N) is 4. The molecule has 0 bridgehead atoms. The average Bonchev–Trinajstić information content (AvgIpc) is 3.28. The normalized spacial score (nSPS) is 17.1. The molecule has 128 valence electrons. The van der Waals surface area contributed by atoms with E-state index in [1.165, 1.54) is 0 Å². The van der Waals surface area contributed by atoms with Crippen LogP contribution in [0.15, 0.2) is 18.5 Å². The van der Waals surface area contributed by atoms with Gasteiger partial charge in [0.15, 0.2) is 0 Å². The Morgan fingerprint density at radius 3 is 3.21 bits per heavy atom. The minimum absolute atomic E-state index is 0.0416. The number of carbonyl (C=O) groups excluding carboxylic acids is 1. The van der Waals surface area contributed by atoms with E-state index in [2.05, 4.69) is 30.4 Å². The van der Waals surface area contributed by atoms with Crippen molar-refractivity contribution in [3.8, 4) is 5.88 Å². The van der Waals surface area contributed by atoms with Gasteiger partial charge in [-0.15, -0.1) is 0 Å². The highest BCUT2D eigenvalue weighted by Crippen LogP contribution is 2.30. The number of rotatable bonds is 6. The monoisotopic (exact) mass is 330 g/mol. The molecule has 24 heavy (non-hydrogen) atoms. The van der Waals surface area contributed by atoms with Crippen molar-refractivity contribution in [3.63, 3.8) is 0 Å². The van der Waals surface area contributed by atoms with E-state index in [1.807, 2.05) is 6.92 Å². The van der Waals surface area contributed by atoms with Crippen LogP contribution in [-0.4, -0.2) is 46.3 Å². The van der Waals surface area contributed by atoms with Gasteiger partial charge in [-0.05, 0) is 6.42 Å². The van der Waals surface area contributed by atoms with Gasteiger partial charge in [0.1, 0.15) is 0 Å². The second-order valence-corrected chi connectivity index (χ2v) is 5.77. The quantitative estimate of drug-likeness (QED) is 0.827. The molecule has 0 aromatic carbocycles. The molecule has 1 atom stereocenters. The number of H-pyrrole nitrogens is 1. The van der Waals surface area contributed by atoms with E-state index in [4.69, 9.17) is 4.74 Å². The molecule has 8 heteroatoms. The van der Waals surface area contributed by atoms with Gasteiger partial charge in [-0.3, -0.25) is 9.89 Å². The number of amides is 1. The number of ether oxygens (including phenoxy) is 1. The highest BCUT2D eigenvalue weighted by atomic mass is 16.5. The summed E-state index contributed by atoms with van der Waals surface area (Å²) >= 11 is 0. The SMILES string of the molecule is CCC(=O)NCc1cn[nH]c1C1CCN(c2nccc(OC)n2)C1. The molecular formula is C16H22N6O2. The van der Waals surface area contributed by atoms with E-state index in [1.54, 1.807) is 25.6 Å². The van der Waals surface area contributed by atoms with Crippen molar-refractivity contribution >= 4 is 11.9 Å². The molecule has 2 aromatic heterocycles. The highest BCUT2D eigenvalue weighted by Gasteiger charge is 2.28. The topological polar surface area (TPSA) is 96.0 Å². The number of anilines is 1. The zero-order chi connectivity index (χ0) is 16.9. The van der Waals surface area contributed by atoms with Gasteiger partial charge in [-0.25, -0.2) is 4.98 Å². The maximum atomic E-state index is 11.5. The Morgan fingerprint density at radius 1 is 1.54 bits per heavy atom. The Balaban J connectivity index is 1.67. The fourth-order valence-corrected chi connectivity index (χ4v) is 2.91. The van der Waals surface area contributed by atoms with E-state index < -0.39 is 0 Å². The maximum absolute atomic E-state index is 11.5. The van der Waals surface area contributed by atoms with E-state index in [-0.39, 0.29) is 5.91 Å². The Hall–Kier alpha value is -2.64. The average molecular weight is 330 g/mol. The van der Waals surface area contributed by atoms with E-state index >= 15 is 0 Å². The molecule has 0 saturated carbocycles. The van der Waals surface area contributed by atoms with Crippen molar-refractivity contribution in [1.29, 1.82) is 0 Å². The van der Waals surface area contributed by atoms with Crippen LogP contribution in [0.25, 0.3) is 0 Å². The van der Waals surface area contributed by atoms with Crippen molar-refractivity contribution < 1.29 is 9.53 Å².